The molecule has 6 heteroatoms. The third-order valence-corrected chi connectivity index (χ3v) is 4.49. The number of nitrogens with one attached hydrogen (secondary N) is 2. The van der Waals surface area contributed by atoms with Gasteiger partial charge in [-0.1, -0.05) is 29.8 Å². The molecular weight excluding hydrogens is 308 g/mol. The molecule has 2 aromatic carbocycles. The number of ether oxygens (including phenoxy) is 1. The molecule has 122 valence electrons. The number of benzene rings is 2. The van der Waals surface area contributed by atoms with Gasteiger partial charge in [0.15, 0.2) is 5.54 Å². The van der Waals surface area contributed by atoms with E-state index in [1.54, 1.807) is 12.1 Å². The van der Waals surface area contributed by atoms with Gasteiger partial charge >= 0.3 is 6.03 Å². The first kappa shape index (κ1) is 14.7. The fourth-order valence-electron chi connectivity index (χ4n) is 3.51. The van der Waals surface area contributed by atoms with Crippen LogP contribution in [0.4, 0.5) is 4.79 Å². The topological polar surface area (TPSA) is 87.7 Å². The predicted octanol–water partition coefficient (Wildman–Crippen LogP) is 1.43. The van der Waals surface area contributed by atoms with Gasteiger partial charge in [-0.15, -0.1) is 0 Å². The van der Waals surface area contributed by atoms with Gasteiger partial charge in [0.1, 0.15) is 12.4 Å². The maximum absolute atomic E-state index is 12.6. The van der Waals surface area contributed by atoms with E-state index in [4.69, 9.17) is 9.84 Å². The fourth-order valence-corrected chi connectivity index (χ4v) is 3.51. The largest absolute Gasteiger partial charge is 0.491 e. The molecule has 1 fully saturated rings. The number of carbonyl (C=O) groups excluding carboxylic acids is 2. The van der Waals surface area contributed by atoms with E-state index in [0.29, 0.717) is 5.75 Å². The minimum absolute atomic E-state index is 0.0741. The van der Waals surface area contributed by atoms with Crippen molar-refractivity contribution in [2.75, 3.05) is 13.2 Å². The normalized spacial score (nSPS) is 20.6. The van der Waals surface area contributed by atoms with Crippen molar-refractivity contribution in [3.8, 4) is 16.9 Å². The minimum atomic E-state index is -1.19. The summed E-state index contributed by atoms with van der Waals surface area (Å²) in [5.74, 6) is 0.234. The summed E-state index contributed by atoms with van der Waals surface area (Å²) in [6, 6.07) is 10.7. The summed E-state index contributed by atoms with van der Waals surface area (Å²) in [5, 5.41) is 14.1. The molecule has 2 aliphatic rings. The first-order valence-electron chi connectivity index (χ1n) is 7.69. The van der Waals surface area contributed by atoms with Crippen LogP contribution in [0.2, 0.25) is 0 Å². The van der Waals surface area contributed by atoms with Gasteiger partial charge in [0.05, 0.1) is 6.61 Å². The van der Waals surface area contributed by atoms with Gasteiger partial charge in [-0.05, 0) is 41.3 Å². The van der Waals surface area contributed by atoms with Crippen LogP contribution in [0, 0.1) is 6.92 Å². The van der Waals surface area contributed by atoms with E-state index < -0.39 is 11.6 Å². The number of hydrogen-bond donors (Lipinski definition) is 3. The Kier molecular flexibility index (Phi) is 3.11. The molecule has 0 radical (unpaired) electrons. The average Bonchev–Trinajstić information content (AvgIpc) is 3.01. The number of carbonyl (C=O) groups is 2. The second-order valence-electron chi connectivity index (χ2n) is 5.99. The van der Waals surface area contributed by atoms with Crippen LogP contribution >= 0.6 is 0 Å². The number of urea groups is 1. The second kappa shape index (κ2) is 5.07. The summed E-state index contributed by atoms with van der Waals surface area (Å²) >= 11 is 0. The average molecular weight is 324 g/mol. The molecule has 0 bridgehead atoms. The Morgan fingerprint density at radius 2 is 1.92 bits per heavy atom. The summed E-state index contributed by atoms with van der Waals surface area (Å²) in [7, 11) is 0. The quantitative estimate of drug-likeness (QED) is 0.745. The Bertz CT molecular complexity index is 877. The molecule has 1 aliphatic carbocycles. The zero-order valence-corrected chi connectivity index (χ0v) is 13.1. The van der Waals surface area contributed by atoms with Crippen molar-refractivity contribution < 1.29 is 19.4 Å². The molecule has 0 saturated carbocycles. The number of aliphatic hydroxyl groups excluding tert-OH is 1. The van der Waals surface area contributed by atoms with Crippen molar-refractivity contribution in [2.24, 2.45) is 0 Å². The lowest BCUT2D eigenvalue weighted by molar-refractivity contribution is -0.122. The van der Waals surface area contributed by atoms with E-state index in [1.165, 1.54) is 0 Å². The van der Waals surface area contributed by atoms with Gasteiger partial charge in [0.2, 0.25) is 0 Å². The standard InChI is InChI=1S/C18H16N2O4/c1-10-2-4-12-13-9-11(24-7-6-21)3-5-14(13)18(15(12)8-10)16(22)19-17(23)20-18/h2-5,8-9,21H,6-7H2,1H3,(H2,19,20,22,23). The Morgan fingerprint density at radius 1 is 1.08 bits per heavy atom. The molecule has 6 nitrogen and oxygen atoms in total. The Hall–Kier alpha value is -2.86. The number of rotatable bonds is 3. The van der Waals surface area contributed by atoms with E-state index in [2.05, 4.69) is 10.6 Å². The summed E-state index contributed by atoms with van der Waals surface area (Å²) in [6.07, 6.45) is 0. The molecule has 1 atom stereocenters. The molecule has 1 spiro atoms. The highest BCUT2D eigenvalue weighted by Crippen LogP contribution is 2.50. The molecule has 24 heavy (non-hydrogen) atoms. The SMILES string of the molecule is Cc1ccc2c(c1)C1(NC(=O)NC1=O)c1ccc(OCCO)cc1-2. The Morgan fingerprint density at radius 3 is 2.62 bits per heavy atom. The monoisotopic (exact) mass is 324 g/mol. The lowest BCUT2D eigenvalue weighted by Gasteiger charge is -2.23. The number of imide groups is 1. The first-order valence-corrected chi connectivity index (χ1v) is 7.69. The highest BCUT2D eigenvalue weighted by molar-refractivity contribution is 6.13. The van der Waals surface area contributed by atoms with Crippen LogP contribution in [0.1, 0.15) is 16.7 Å². The summed E-state index contributed by atoms with van der Waals surface area (Å²) in [4.78, 5) is 24.5. The van der Waals surface area contributed by atoms with E-state index in [9.17, 15) is 9.59 Å². The molecule has 0 aromatic heterocycles. The molecule has 1 unspecified atom stereocenters. The predicted molar refractivity (Wildman–Crippen MR) is 86.7 cm³/mol. The van der Waals surface area contributed by atoms with Gasteiger partial charge in [-0.25, -0.2) is 4.79 Å². The third-order valence-electron chi connectivity index (χ3n) is 4.49. The van der Waals surface area contributed by atoms with E-state index in [0.717, 1.165) is 27.8 Å². The van der Waals surface area contributed by atoms with Gasteiger partial charge in [-0.3, -0.25) is 10.1 Å². The second-order valence-corrected chi connectivity index (χ2v) is 5.99. The maximum Gasteiger partial charge on any atom is 0.322 e. The zero-order valence-electron chi connectivity index (χ0n) is 13.1. The lowest BCUT2D eigenvalue weighted by Crippen LogP contribution is -2.43. The van der Waals surface area contributed by atoms with Gasteiger partial charge in [0.25, 0.3) is 5.91 Å². The van der Waals surface area contributed by atoms with Crippen molar-refractivity contribution >= 4 is 11.9 Å². The minimum Gasteiger partial charge on any atom is -0.491 e. The molecule has 4 rings (SSSR count). The molecular formula is C18H16N2O4. The highest BCUT2D eigenvalue weighted by atomic mass is 16.5. The number of aryl methyl sites for hydroxylation is 1. The molecule has 1 saturated heterocycles. The summed E-state index contributed by atoms with van der Waals surface area (Å²) < 4.78 is 5.48. The first-order chi connectivity index (χ1) is 11.6. The van der Waals surface area contributed by atoms with Crippen LogP contribution in [-0.4, -0.2) is 30.3 Å². The van der Waals surface area contributed by atoms with Crippen LogP contribution < -0.4 is 15.4 Å². The lowest BCUT2D eigenvalue weighted by atomic mass is 9.87. The van der Waals surface area contributed by atoms with E-state index in [-0.39, 0.29) is 19.1 Å². The van der Waals surface area contributed by atoms with Crippen molar-refractivity contribution in [2.45, 2.75) is 12.5 Å². The molecule has 3 N–H and O–H groups in total. The maximum atomic E-state index is 12.6. The number of aliphatic hydroxyl groups is 1. The van der Waals surface area contributed by atoms with E-state index in [1.807, 2.05) is 31.2 Å². The van der Waals surface area contributed by atoms with Gasteiger partial charge < -0.3 is 15.2 Å². The Balaban J connectivity index is 1.95. The van der Waals surface area contributed by atoms with Crippen LogP contribution in [0.3, 0.4) is 0 Å². The van der Waals surface area contributed by atoms with Crippen LogP contribution in [-0.2, 0) is 10.3 Å². The number of amides is 3. The van der Waals surface area contributed by atoms with Crippen LogP contribution in [0.5, 0.6) is 5.75 Å². The molecule has 1 heterocycles. The summed E-state index contributed by atoms with van der Waals surface area (Å²) in [6.45, 7) is 2.07. The highest BCUT2D eigenvalue weighted by Gasteiger charge is 2.54. The van der Waals surface area contributed by atoms with Crippen molar-refractivity contribution in [3.05, 3.63) is 53.1 Å². The van der Waals surface area contributed by atoms with Gasteiger partial charge in [0, 0.05) is 0 Å². The van der Waals surface area contributed by atoms with Crippen LogP contribution in [0.15, 0.2) is 36.4 Å². The van der Waals surface area contributed by atoms with E-state index >= 15 is 0 Å². The number of fused-ring (bicyclic) bond motifs is 5. The zero-order chi connectivity index (χ0) is 16.9. The molecule has 2 aromatic rings. The van der Waals surface area contributed by atoms with Crippen molar-refractivity contribution in [1.29, 1.82) is 0 Å². The van der Waals surface area contributed by atoms with Crippen molar-refractivity contribution in [3.63, 3.8) is 0 Å². The molecule has 1 aliphatic heterocycles. The Labute approximate surface area is 138 Å². The van der Waals surface area contributed by atoms with Crippen LogP contribution in [0.25, 0.3) is 11.1 Å². The van der Waals surface area contributed by atoms with Gasteiger partial charge in [-0.2, -0.15) is 0 Å². The molecule has 3 amide bonds. The smallest absolute Gasteiger partial charge is 0.322 e. The third kappa shape index (κ3) is 1.86. The number of hydrogen-bond acceptors (Lipinski definition) is 4. The van der Waals surface area contributed by atoms with Crippen molar-refractivity contribution in [1.82, 2.24) is 10.6 Å². The fraction of sp³-hybridized carbons (Fsp3) is 0.222. The summed E-state index contributed by atoms with van der Waals surface area (Å²) in [5.41, 5.74) is 3.04.